The predicted octanol–water partition coefficient (Wildman–Crippen LogP) is 6.34. The molecule has 0 fully saturated rings. The highest BCUT2D eigenvalue weighted by atomic mass is 14.2. The van der Waals surface area contributed by atoms with Gasteiger partial charge in [0.25, 0.3) is 0 Å². The lowest BCUT2D eigenvalue weighted by atomic mass is 9.84. The zero-order valence-corrected chi connectivity index (χ0v) is 13.5. The predicted molar refractivity (Wildman–Crippen MR) is 94.1 cm³/mol. The van der Waals surface area contributed by atoms with Gasteiger partial charge in [-0.1, -0.05) is 87.6 Å². The molecule has 0 amide bonds. The monoisotopic (exact) mass is 278 g/mol. The van der Waals surface area contributed by atoms with Crippen LogP contribution in [0.3, 0.4) is 0 Å². The molecule has 0 N–H and O–H groups in total. The average Bonchev–Trinajstić information content (AvgIpc) is 2.48. The molecule has 0 bridgehead atoms. The van der Waals surface area contributed by atoms with E-state index in [9.17, 15) is 0 Å². The highest BCUT2D eigenvalue weighted by Gasteiger charge is 2.14. The Morgan fingerprint density at radius 3 is 2.52 bits per heavy atom. The van der Waals surface area contributed by atoms with E-state index in [2.05, 4.69) is 75.9 Å². The fourth-order valence-corrected chi connectivity index (χ4v) is 2.69. The van der Waals surface area contributed by atoms with Crippen molar-refractivity contribution in [2.24, 2.45) is 5.41 Å². The normalized spacial score (nSPS) is 16.2. The molecule has 0 unspecified atom stereocenters. The van der Waals surface area contributed by atoms with Gasteiger partial charge in [-0.15, -0.1) is 0 Å². The van der Waals surface area contributed by atoms with Crippen LogP contribution in [0.4, 0.5) is 0 Å². The summed E-state index contributed by atoms with van der Waals surface area (Å²) in [4.78, 5) is 0. The number of hydrogen-bond acceptors (Lipinski definition) is 0. The molecule has 0 aromatic heterocycles. The van der Waals surface area contributed by atoms with Crippen molar-refractivity contribution >= 4 is 5.57 Å². The highest BCUT2D eigenvalue weighted by Crippen LogP contribution is 2.30. The second-order valence-corrected chi connectivity index (χ2v) is 6.68. The maximum Gasteiger partial charge on any atom is -0.0129 e. The van der Waals surface area contributed by atoms with Crippen molar-refractivity contribution in [2.45, 2.75) is 40.0 Å². The standard InChI is InChI=1S/C21H26/c1-5-20(21(2,3)4)15-14-17-10-9-13-19(16-17)18-11-7-6-8-12-18/h5-8,11-13,15-16H,1,9-10,14H2,2-4H3/b20-15+. The van der Waals surface area contributed by atoms with Crippen LogP contribution in [0.25, 0.3) is 5.57 Å². The number of benzene rings is 1. The molecular weight excluding hydrogens is 252 g/mol. The summed E-state index contributed by atoms with van der Waals surface area (Å²) in [6.45, 7) is 10.7. The van der Waals surface area contributed by atoms with Crippen LogP contribution in [0.5, 0.6) is 0 Å². The van der Waals surface area contributed by atoms with E-state index in [-0.39, 0.29) is 5.41 Å². The molecule has 1 aromatic carbocycles. The van der Waals surface area contributed by atoms with E-state index < -0.39 is 0 Å². The highest BCUT2D eigenvalue weighted by molar-refractivity contribution is 5.75. The Hall–Kier alpha value is -1.82. The Morgan fingerprint density at radius 1 is 1.19 bits per heavy atom. The van der Waals surface area contributed by atoms with Crippen LogP contribution in [-0.2, 0) is 0 Å². The van der Waals surface area contributed by atoms with Crippen molar-refractivity contribution in [1.29, 1.82) is 0 Å². The number of allylic oxidation sites excluding steroid dienone is 7. The quantitative estimate of drug-likeness (QED) is 0.564. The summed E-state index contributed by atoms with van der Waals surface area (Å²) in [6, 6.07) is 10.7. The van der Waals surface area contributed by atoms with E-state index in [1.165, 1.54) is 28.7 Å². The molecule has 2 rings (SSSR count). The molecule has 0 saturated heterocycles. The molecule has 0 saturated carbocycles. The Balaban J connectivity index is 2.15. The first-order valence-electron chi connectivity index (χ1n) is 7.79. The van der Waals surface area contributed by atoms with Crippen molar-refractivity contribution in [3.63, 3.8) is 0 Å². The average molecular weight is 278 g/mol. The topological polar surface area (TPSA) is 0 Å². The van der Waals surface area contributed by atoms with Crippen LogP contribution in [0.15, 0.2) is 72.4 Å². The maximum absolute atomic E-state index is 3.95. The zero-order chi connectivity index (χ0) is 15.3. The first-order valence-corrected chi connectivity index (χ1v) is 7.79. The van der Waals surface area contributed by atoms with Crippen LogP contribution in [0.1, 0.15) is 45.6 Å². The van der Waals surface area contributed by atoms with E-state index >= 15 is 0 Å². The Bertz CT molecular complexity index is 574. The summed E-state index contributed by atoms with van der Waals surface area (Å²) in [5.74, 6) is 0. The molecule has 0 nitrogen and oxygen atoms in total. The third-order valence-electron chi connectivity index (χ3n) is 3.97. The largest absolute Gasteiger partial charge is 0.0988 e. The fraction of sp³-hybridized carbons (Fsp3) is 0.333. The van der Waals surface area contributed by atoms with E-state index in [1.807, 2.05) is 6.08 Å². The summed E-state index contributed by atoms with van der Waals surface area (Å²) in [5.41, 5.74) is 5.70. The van der Waals surface area contributed by atoms with Gasteiger partial charge in [0, 0.05) is 0 Å². The molecule has 0 aliphatic heterocycles. The first-order chi connectivity index (χ1) is 10.0. The molecule has 21 heavy (non-hydrogen) atoms. The molecule has 0 radical (unpaired) electrons. The summed E-state index contributed by atoms with van der Waals surface area (Å²) in [7, 11) is 0. The van der Waals surface area contributed by atoms with Gasteiger partial charge in [0.15, 0.2) is 0 Å². The van der Waals surface area contributed by atoms with E-state index in [0.717, 1.165) is 12.8 Å². The minimum absolute atomic E-state index is 0.176. The van der Waals surface area contributed by atoms with Crippen molar-refractivity contribution in [3.05, 3.63) is 77.9 Å². The lowest BCUT2D eigenvalue weighted by molar-refractivity contribution is 0.515. The van der Waals surface area contributed by atoms with Gasteiger partial charge in [-0.2, -0.15) is 0 Å². The van der Waals surface area contributed by atoms with Gasteiger partial charge >= 0.3 is 0 Å². The second-order valence-electron chi connectivity index (χ2n) is 6.68. The molecule has 0 atom stereocenters. The smallest absolute Gasteiger partial charge is 0.0129 e. The van der Waals surface area contributed by atoms with Crippen LogP contribution < -0.4 is 0 Å². The SMILES string of the molecule is C=C/C(=C\CC1=CC(c2ccccc2)=CCC1)C(C)(C)C. The number of rotatable bonds is 4. The van der Waals surface area contributed by atoms with E-state index in [4.69, 9.17) is 0 Å². The molecule has 1 aliphatic carbocycles. The zero-order valence-electron chi connectivity index (χ0n) is 13.5. The van der Waals surface area contributed by atoms with Gasteiger partial charge in [0.05, 0.1) is 0 Å². The third-order valence-corrected chi connectivity index (χ3v) is 3.97. The molecule has 110 valence electrons. The summed E-state index contributed by atoms with van der Waals surface area (Å²) >= 11 is 0. The maximum atomic E-state index is 3.95. The minimum atomic E-state index is 0.176. The first kappa shape index (κ1) is 15.6. The third kappa shape index (κ3) is 4.32. The fourth-order valence-electron chi connectivity index (χ4n) is 2.69. The van der Waals surface area contributed by atoms with Crippen LogP contribution in [0.2, 0.25) is 0 Å². The Morgan fingerprint density at radius 2 is 1.90 bits per heavy atom. The minimum Gasteiger partial charge on any atom is -0.0988 e. The van der Waals surface area contributed by atoms with Crippen molar-refractivity contribution in [2.75, 3.05) is 0 Å². The van der Waals surface area contributed by atoms with E-state index in [0.29, 0.717) is 0 Å². The molecule has 0 spiro atoms. The Kier molecular flexibility index (Phi) is 5.01. The van der Waals surface area contributed by atoms with Crippen LogP contribution >= 0.6 is 0 Å². The van der Waals surface area contributed by atoms with Gasteiger partial charge < -0.3 is 0 Å². The van der Waals surface area contributed by atoms with Gasteiger partial charge in [-0.25, -0.2) is 0 Å². The number of hydrogen-bond donors (Lipinski definition) is 0. The Labute approximate surface area is 129 Å². The van der Waals surface area contributed by atoms with Crippen molar-refractivity contribution in [3.8, 4) is 0 Å². The molecule has 1 aliphatic rings. The van der Waals surface area contributed by atoms with Crippen LogP contribution in [-0.4, -0.2) is 0 Å². The van der Waals surface area contributed by atoms with Gasteiger partial charge in [0.2, 0.25) is 0 Å². The molecule has 0 heteroatoms. The summed E-state index contributed by atoms with van der Waals surface area (Å²) in [5, 5.41) is 0. The molecule has 0 heterocycles. The van der Waals surface area contributed by atoms with Gasteiger partial charge in [0.1, 0.15) is 0 Å². The van der Waals surface area contributed by atoms with Crippen molar-refractivity contribution in [1.82, 2.24) is 0 Å². The summed E-state index contributed by atoms with van der Waals surface area (Å²) in [6.07, 6.45) is 12.4. The molecular formula is C21H26. The van der Waals surface area contributed by atoms with Gasteiger partial charge in [-0.3, -0.25) is 0 Å². The second kappa shape index (κ2) is 6.76. The lowest BCUT2D eigenvalue weighted by Gasteiger charge is -2.21. The van der Waals surface area contributed by atoms with Gasteiger partial charge in [-0.05, 0) is 41.4 Å². The van der Waals surface area contributed by atoms with Crippen LogP contribution in [0, 0.1) is 5.41 Å². The van der Waals surface area contributed by atoms with E-state index in [1.54, 1.807) is 0 Å². The molecule has 1 aromatic rings. The summed E-state index contributed by atoms with van der Waals surface area (Å²) < 4.78 is 0. The lowest BCUT2D eigenvalue weighted by Crippen LogP contribution is -2.07. The van der Waals surface area contributed by atoms with Crippen molar-refractivity contribution < 1.29 is 0 Å².